The summed E-state index contributed by atoms with van der Waals surface area (Å²) in [6.07, 6.45) is 6.50. The summed E-state index contributed by atoms with van der Waals surface area (Å²) < 4.78 is 6.87. The molecule has 0 aliphatic rings. The molecule has 3 aromatic heterocycles. The van der Waals surface area contributed by atoms with Gasteiger partial charge >= 0.3 is 0 Å². The fourth-order valence-electron chi connectivity index (χ4n) is 8.57. The van der Waals surface area contributed by atoms with Gasteiger partial charge in [-0.2, -0.15) is 4.99 Å². The maximum Gasteiger partial charge on any atom is 0.209 e. The zero-order chi connectivity index (χ0) is 39.9. The molecule has 284 valence electrons. The number of nitrogens with zero attached hydrogens (tertiary/aromatic N) is 5. The third kappa shape index (κ3) is 6.14. The Bertz CT molecular complexity index is 3300. The van der Waals surface area contributed by atoms with Crippen LogP contribution >= 0.6 is 0 Å². The van der Waals surface area contributed by atoms with Gasteiger partial charge in [-0.1, -0.05) is 146 Å². The molecule has 6 heteroatoms. The van der Waals surface area contributed by atoms with E-state index in [0.717, 1.165) is 66.1 Å². The lowest BCUT2D eigenvalue weighted by atomic mass is 10.1. The van der Waals surface area contributed by atoms with Crippen molar-refractivity contribution in [3.63, 3.8) is 0 Å². The summed E-state index contributed by atoms with van der Waals surface area (Å²) in [5.74, 6) is 1.35. The Balaban J connectivity index is 1.13. The van der Waals surface area contributed by atoms with E-state index in [-0.39, 0.29) is 0 Å². The van der Waals surface area contributed by atoms with Crippen LogP contribution in [0.25, 0.3) is 76.8 Å². The molecule has 59 heavy (non-hydrogen) atoms. The smallest absolute Gasteiger partial charge is 0.209 e. The SMILES string of the molecule is C=C(/C=C\C(=C/C)n1c2ccccc2c2ccccc21)n1c2ccccc2c2cc3c(cc21)c1ccccc1n3/C(=N/C(=N\Cc1ccccc1)c1ccccc1)NC. The number of allylic oxidation sites excluding steroid dienone is 5. The quantitative estimate of drug-likeness (QED) is 0.0981. The molecule has 0 fully saturated rings. The molecule has 10 aromatic rings. The lowest BCUT2D eigenvalue weighted by Crippen LogP contribution is -2.28. The molecule has 7 aromatic carbocycles. The van der Waals surface area contributed by atoms with Crippen molar-refractivity contribution in [2.75, 3.05) is 7.05 Å². The van der Waals surface area contributed by atoms with E-state index in [9.17, 15) is 0 Å². The van der Waals surface area contributed by atoms with Gasteiger partial charge in [0.1, 0.15) is 0 Å². The molecule has 3 heterocycles. The molecular formula is C53H42N6. The van der Waals surface area contributed by atoms with Gasteiger partial charge in [0.25, 0.3) is 0 Å². The fourth-order valence-corrected chi connectivity index (χ4v) is 8.57. The van der Waals surface area contributed by atoms with Gasteiger partial charge in [0, 0.05) is 56.3 Å². The topological polar surface area (TPSA) is 51.5 Å². The molecule has 0 spiro atoms. The summed E-state index contributed by atoms with van der Waals surface area (Å²) in [6, 6.07) is 59.5. The first-order valence-electron chi connectivity index (χ1n) is 20.0. The number of rotatable bonds is 7. The molecule has 0 saturated carbocycles. The predicted octanol–water partition coefficient (Wildman–Crippen LogP) is 12.7. The number of amidine groups is 1. The molecule has 0 atom stereocenters. The zero-order valence-electron chi connectivity index (χ0n) is 33.0. The highest BCUT2D eigenvalue weighted by Gasteiger charge is 2.20. The number of hydrogen-bond acceptors (Lipinski definition) is 1. The minimum absolute atomic E-state index is 0.519. The van der Waals surface area contributed by atoms with Crippen molar-refractivity contribution in [3.05, 3.63) is 206 Å². The third-order valence-corrected chi connectivity index (χ3v) is 11.3. The second-order valence-corrected chi connectivity index (χ2v) is 14.7. The van der Waals surface area contributed by atoms with E-state index in [1.54, 1.807) is 0 Å². The largest absolute Gasteiger partial charge is 0.358 e. The van der Waals surface area contributed by atoms with Gasteiger partial charge in [0.2, 0.25) is 5.96 Å². The first kappa shape index (κ1) is 35.7. The molecule has 0 saturated heterocycles. The van der Waals surface area contributed by atoms with Crippen LogP contribution in [0.2, 0.25) is 0 Å². The van der Waals surface area contributed by atoms with Gasteiger partial charge in [-0.3, -0.25) is 9.56 Å². The summed E-state index contributed by atoms with van der Waals surface area (Å²) in [7, 11) is 1.93. The van der Waals surface area contributed by atoms with Crippen molar-refractivity contribution in [1.82, 2.24) is 19.0 Å². The van der Waals surface area contributed by atoms with Crippen LogP contribution in [0.15, 0.2) is 205 Å². The monoisotopic (exact) mass is 762 g/mol. The Kier molecular flexibility index (Phi) is 9.07. The Hall–Kier alpha value is -7.70. The Labute approximate surface area is 342 Å². The van der Waals surface area contributed by atoms with E-state index in [0.29, 0.717) is 18.3 Å². The summed E-state index contributed by atoms with van der Waals surface area (Å²) in [6.45, 7) is 7.31. The molecular weight excluding hydrogens is 721 g/mol. The van der Waals surface area contributed by atoms with E-state index in [2.05, 4.69) is 178 Å². The number of hydrogen-bond donors (Lipinski definition) is 1. The van der Waals surface area contributed by atoms with Crippen molar-refractivity contribution < 1.29 is 0 Å². The van der Waals surface area contributed by atoms with Crippen LogP contribution in [0.4, 0.5) is 0 Å². The molecule has 0 aliphatic carbocycles. The van der Waals surface area contributed by atoms with Crippen LogP contribution in [-0.2, 0) is 6.54 Å². The van der Waals surface area contributed by atoms with Gasteiger partial charge in [-0.25, -0.2) is 0 Å². The Morgan fingerprint density at radius 3 is 1.53 bits per heavy atom. The lowest BCUT2D eigenvalue weighted by molar-refractivity contribution is 1.04. The number of aliphatic imine (C=N–C) groups is 2. The average Bonchev–Trinajstić information content (AvgIpc) is 3.92. The van der Waals surface area contributed by atoms with E-state index < -0.39 is 0 Å². The summed E-state index contributed by atoms with van der Waals surface area (Å²) in [5.41, 5.74) is 10.7. The Morgan fingerprint density at radius 2 is 0.983 bits per heavy atom. The Morgan fingerprint density at radius 1 is 0.525 bits per heavy atom. The first-order valence-corrected chi connectivity index (χ1v) is 20.0. The number of aromatic nitrogens is 3. The van der Waals surface area contributed by atoms with Crippen LogP contribution < -0.4 is 5.32 Å². The highest BCUT2D eigenvalue weighted by atomic mass is 15.2. The molecule has 0 bridgehead atoms. The summed E-state index contributed by atoms with van der Waals surface area (Å²) >= 11 is 0. The zero-order valence-corrected chi connectivity index (χ0v) is 33.0. The standard InChI is InChI=1S/C53H42N6/c1-4-39(58-47-28-16-11-23-40(47)41-24-12-17-29-48(41)58)32-31-36(2)57-46-27-15-13-25-42(46)44-34-51-45(33-50(44)57)43-26-14-18-30-49(43)59(51)53(54-3)56-52(38-21-9-6-10-22-38)55-35-37-19-7-5-8-20-37/h4-34H,2,35H2,1,3H3,(H,54,55,56)/b32-31-,39-4+. The van der Waals surface area contributed by atoms with Crippen molar-refractivity contribution >= 4 is 88.6 Å². The van der Waals surface area contributed by atoms with Gasteiger partial charge < -0.3 is 14.5 Å². The highest BCUT2D eigenvalue weighted by Crippen LogP contribution is 2.39. The van der Waals surface area contributed by atoms with E-state index in [4.69, 9.17) is 16.6 Å². The van der Waals surface area contributed by atoms with Crippen LogP contribution in [0.3, 0.4) is 0 Å². The average molecular weight is 763 g/mol. The molecule has 0 unspecified atom stereocenters. The van der Waals surface area contributed by atoms with Gasteiger partial charge in [0.05, 0.1) is 39.6 Å². The summed E-state index contributed by atoms with van der Waals surface area (Å²) in [5, 5.41) is 10.5. The normalized spacial score (nSPS) is 12.9. The number of nitrogens with one attached hydrogen (secondary N) is 1. The molecule has 10 rings (SSSR count). The maximum absolute atomic E-state index is 5.29. The number of para-hydroxylation sites is 4. The number of fused-ring (bicyclic) bond motifs is 9. The highest BCUT2D eigenvalue weighted by molar-refractivity contribution is 6.22. The second kappa shape index (κ2) is 15.0. The maximum atomic E-state index is 5.29. The van der Waals surface area contributed by atoms with Crippen LogP contribution in [-0.4, -0.2) is 32.5 Å². The first-order chi connectivity index (χ1) is 29.1. The fraction of sp³-hybridized carbons (Fsp3) is 0.0566. The van der Waals surface area contributed by atoms with Crippen LogP contribution in [0.1, 0.15) is 18.1 Å². The van der Waals surface area contributed by atoms with Crippen molar-refractivity contribution in [2.45, 2.75) is 13.5 Å². The second-order valence-electron chi connectivity index (χ2n) is 14.7. The van der Waals surface area contributed by atoms with Gasteiger partial charge in [0.15, 0.2) is 5.84 Å². The minimum Gasteiger partial charge on any atom is -0.358 e. The predicted molar refractivity (Wildman–Crippen MR) is 251 cm³/mol. The minimum atomic E-state index is 0.519. The molecule has 0 aliphatic heterocycles. The van der Waals surface area contributed by atoms with E-state index in [1.807, 2.05) is 43.4 Å². The van der Waals surface area contributed by atoms with Gasteiger partial charge in [-0.05, 0) is 61.0 Å². The number of benzene rings is 7. The van der Waals surface area contributed by atoms with Crippen molar-refractivity contribution in [3.8, 4) is 0 Å². The third-order valence-electron chi connectivity index (χ3n) is 11.3. The molecule has 0 radical (unpaired) electrons. The molecule has 6 nitrogen and oxygen atoms in total. The summed E-state index contributed by atoms with van der Waals surface area (Å²) in [4.78, 5) is 10.4. The van der Waals surface area contributed by atoms with E-state index >= 15 is 0 Å². The molecule has 0 amide bonds. The van der Waals surface area contributed by atoms with Crippen LogP contribution in [0, 0.1) is 0 Å². The lowest BCUT2D eigenvalue weighted by Gasteiger charge is -2.13. The molecule has 1 N–H and O–H groups in total. The van der Waals surface area contributed by atoms with Crippen molar-refractivity contribution in [2.24, 2.45) is 9.98 Å². The van der Waals surface area contributed by atoms with Crippen molar-refractivity contribution in [1.29, 1.82) is 0 Å². The van der Waals surface area contributed by atoms with Gasteiger partial charge in [-0.15, -0.1) is 0 Å². The van der Waals surface area contributed by atoms with Crippen LogP contribution in [0.5, 0.6) is 0 Å². The van der Waals surface area contributed by atoms with E-state index in [1.165, 1.54) is 21.8 Å².